The maximum atomic E-state index is 6.07. The molecule has 1 aliphatic heterocycles. The summed E-state index contributed by atoms with van der Waals surface area (Å²) >= 11 is 1.79. The van der Waals surface area contributed by atoms with Gasteiger partial charge in [-0.1, -0.05) is 13.8 Å². The van der Waals surface area contributed by atoms with Gasteiger partial charge in [0.2, 0.25) is 0 Å². The van der Waals surface area contributed by atoms with Crippen molar-refractivity contribution in [2.75, 3.05) is 19.6 Å². The van der Waals surface area contributed by atoms with Crippen LogP contribution in [0.4, 0.5) is 0 Å². The summed E-state index contributed by atoms with van der Waals surface area (Å²) in [4.78, 5) is 12.5. The van der Waals surface area contributed by atoms with Gasteiger partial charge in [-0.2, -0.15) is 0 Å². The molecule has 1 aromatic rings. The molecule has 20 heavy (non-hydrogen) atoms. The minimum absolute atomic E-state index is 0. The van der Waals surface area contributed by atoms with Crippen molar-refractivity contribution < 1.29 is 0 Å². The van der Waals surface area contributed by atoms with Crippen LogP contribution in [-0.4, -0.2) is 35.5 Å². The molecule has 0 aliphatic carbocycles. The van der Waals surface area contributed by atoms with E-state index in [1.54, 1.807) is 11.3 Å². The van der Waals surface area contributed by atoms with Gasteiger partial charge in [0.25, 0.3) is 0 Å². The molecule has 4 nitrogen and oxygen atoms in total. The van der Waals surface area contributed by atoms with Crippen LogP contribution < -0.4 is 5.73 Å². The molecular formula is C14H25IN4S. The lowest BCUT2D eigenvalue weighted by atomic mass is 10.0. The van der Waals surface area contributed by atoms with Gasteiger partial charge in [0, 0.05) is 37.1 Å². The Hall–Kier alpha value is -0.370. The number of aliphatic imine (C=N–C) groups is 1. The van der Waals surface area contributed by atoms with Crippen LogP contribution in [0.3, 0.4) is 0 Å². The number of aromatic nitrogens is 1. The Balaban J connectivity index is 0.00000200. The molecule has 0 spiro atoms. The van der Waals surface area contributed by atoms with E-state index in [1.165, 1.54) is 22.7 Å². The quantitative estimate of drug-likeness (QED) is 0.474. The molecule has 0 radical (unpaired) electrons. The molecular weight excluding hydrogens is 383 g/mol. The number of rotatable bonds is 4. The minimum Gasteiger partial charge on any atom is -0.370 e. The first-order chi connectivity index (χ1) is 9.19. The Bertz CT molecular complexity index is 433. The highest BCUT2D eigenvalue weighted by atomic mass is 127. The summed E-state index contributed by atoms with van der Waals surface area (Å²) < 4.78 is 0. The fourth-order valence-corrected chi connectivity index (χ4v) is 3.24. The van der Waals surface area contributed by atoms with Gasteiger partial charge in [-0.25, -0.2) is 4.98 Å². The zero-order valence-electron chi connectivity index (χ0n) is 12.3. The van der Waals surface area contributed by atoms with Crippen molar-refractivity contribution in [2.24, 2.45) is 16.6 Å². The summed E-state index contributed by atoms with van der Waals surface area (Å²) in [6.07, 6.45) is 6.47. The van der Waals surface area contributed by atoms with Gasteiger partial charge in [0.1, 0.15) is 0 Å². The van der Waals surface area contributed by atoms with Crippen molar-refractivity contribution in [1.82, 2.24) is 9.88 Å². The maximum absolute atomic E-state index is 6.07. The molecule has 0 amide bonds. The van der Waals surface area contributed by atoms with Crippen LogP contribution >= 0.6 is 35.3 Å². The SMILES string of the molecule is CCc1cnc(CCN=C(N)N2CCCC(C)C2)s1.I. The van der Waals surface area contributed by atoms with Crippen molar-refractivity contribution in [3.63, 3.8) is 0 Å². The van der Waals surface area contributed by atoms with Crippen molar-refractivity contribution in [3.8, 4) is 0 Å². The summed E-state index contributed by atoms with van der Waals surface area (Å²) in [5.74, 6) is 1.44. The molecule has 2 N–H and O–H groups in total. The van der Waals surface area contributed by atoms with Gasteiger partial charge in [0.15, 0.2) is 5.96 Å². The van der Waals surface area contributed by atoms with E-state index < -0.39 is 0 Å². The third kappa shape index (κ3) is 5.20. The highest BCUT2D eigenvalue weighted by Gasteiger charge is 2.17. The molecule has 6 heteroatoms. The molecule has 1 atom stereocenters. The first-order valence-electron chi connectivity index (χ1n) is 7.17. The largest absolute Gasteiger partial charge is 0.370 e. The smallest absolute Gasteiger partial charge is 0.191 e. The summed E-state index contributed by atoms with van der Waals surface area (Å²) in [6, 6.07) is 0. The van der Waals surface area contributed by atoms with Gasteiger partial charge >= 0.3 is 0 Å². The average Bonchev–Trinajstić information content (AvgIpc) is 2.86. The number of hydrogen-bond acceptors (Lipinski definition) is 3. The fourth-order valence-electron chi connectivity index (χ4n) is 2.39. The maximum Gasteiger partial charge on any atom is 0.191 e. The van der Waals surface area contributed by atoms with Crippen LogP contribution in [0.5, 0.6) is 0 Å². The topological polar surface area (TPSA) is 54.5 Å². The van der Waals surface area contributed by atoms with Crippen molar-refractivity contribution in [2.45, 2.75) is 39.5 Å². The monoisotopic (exact) mass is 408 g/mol. The highest BCUT2D eigenvalue weighted by Crippen LogP contribution is 2.15. The lowest BCUT2D eigenvalue weighted by molar-refractivity contribution is 0.270. The molecule has 114 valence electrons. The summed E-state index contributed by atoms with van der Waals surface area (Å²) in [5, 5.41) is 1.17. The Morgan fingerprint density at radius 1 is 1.60 bits per heavy atom. The van der Waals surface area contributed by atoms with Gasteiger partial charge in [-0.15, -0.1) is 35.3 Å². The van der Waals surface area contributed by atoms with Crippen LogP contribution in [0.2, 0.25) is 0 Å². The molecule has 1 aliphatic rings. The van der Waals surface area contributed by atoms with Gasteiger partial charge in [-0.3, -0.25) is 4.99 Å². The zero-order chi connectivity index (χ0) is 13.7. The summed E-state index contributed by atoms with van der Waals surface area (Å²) in [5.41, 5.74) is 6.07. The van der Waals surface area contributed by atoms with Crippen LogP contribution in [0.25, 0.3) is 0 Å². The van der Waals surface area contributed by atoms with Crippen molar-refractivity contribution >= 4 is 41.3 Å². The van der Waals surface area contributed by atoms with E-state index in [4.69, 9.17) is 5.73 Å². The second-order valence-corrected chi connectivity index (χ2v) is 6.46. The van der Waals surface area contributed by atoms with E-state index in [0.717, 1.165) is 38.4 Å². The summed E-state index contributed by atoms with van der Waals surface area (Å²) in [7, 11) is 0. The third-order valence-electron chi connectivity index (χ3n) is 3.53. The number of piperidine rings is 1. The molecule has 0 saturated carbocycles. The zero-order valence-corrected chi connectivity index (χ0v) is 15.5. The second-order valence-electron chi connectivity index (χ2n) is 5.26. The third-order valence-corrected chi connectivity index (χ3v) is 4.73. The average molecular weight is 408 g/mol. The van der Waals surface area contributed by atoms with E-state index >= 15 is 0 Å². The first-order valence-corrected chi connectivity index (χ1v) is 7.99. The van der Waals surface area contributed by atoms with Gasteiger partial charge in [0.05, 0.1) is 5.01 Å². The Kier molecular flexibility index (Phi) is 7.79. The molecule has 1 saturated heterocycles. The number of nitrogens with two attached hydrogens (primary N) is 1. The second kappa shape index (κ2) is 8.81. The van der Waals surface area contributed by atoms with E-state index in [9.17, 15) is 0 Å². The van der Waals surface area contributed by atoms with Crippen LogP contribution in [-0.2, 0) is 12.8 Å². The number of halogens is 1. The first kappa shape index (κ1) is 17.7. The Morgan fingerprint density at radius 3 is 3.05 bits per heavy atom. The number of nitrogens with zero attached hydrogens (tertiary/aromatic N) is 3. The number of guanidine groups is 1. The van der Waals surface area contributed by atoms with E-state index in [0.29, 0.717) is 5.96 Å². The molecule has 1 fully saturated rings. The lowest BCUT2D eigenvalue weighted by Crippen LogP contribution is -2.43. The molecule has 1 unspecified atom stereocenters. The summed E-state index contributed by atoms with van der Waals surface area (Å²) in [6.45, 7) is 7.28. The van der Waals surface area contributed by atoms with E-state index in [1.807, 2.05) is 6.20 Å². The van der Waals surface area contributed by atoms with Crippen LogP contribution in [0, 0.1) is 5.92 Å². The highest BCUT2D eigenvalue weighted by molar-refractivity contribution is 14.0. The standard InChI is InChI=1S/C14H24N4S.HI/c1-3-12-9-17-13(19-12)6-7-16-14(15)18-8-4-5-11(2)10-18;/h9,11H,3-8,10H2,1-2H3,(H2,15,16);1H. The number of aryl methyl sites for hydroxylation is 1. The van der Waals surface area contributed by atoms with Gasteiger partial charge < -0.3 is 10.6 Å². The molecule has 0 aromatic carbocycles. The normalized spacial score (nSPS) is 19.8. The van der Waals surface area contributed by atoms with Crippen LogP contribution in [0.15, 0.2) is 11.2 Å². The molecule has 0 bridgehead atoms. The van der Waals surface area contributed by atoms with Gasteiger partial charge in [-0.05, 0) is 25.2 Å². The lowest BCUT2D eigenvalue weighted by Gasteiger charge is -2.31. The van der Waals surface area contributed by atoms with E-state index in [-0.39, 0.29) is 24.0 Å². The van der Waals surface area contributed by atoms with Crippen LogP contribution in [0.1, 0.15) is 36.6 Å². The minimum atomic E-state index is 0. The van der Waals surface area contributed by atoms with Crippen molar-refractivity contribution in [3.05, 3.63) is 16.1 Å². The molecule has 1 aromatic heterocycles. The Labute approximate surface area is 142 Å². The molecule has 2 heterocycles. The fraction of sp³-hybridized carbons (Fsp3) is 0.714. The number of likely N-dealkylation sites (tertiary alicyclic amines) is 1. The van der Waals surface area contributed by atoms with Crippen molar-refractivity contribution in [1.29, 1.82) is 0 Å². The Morgan fingerprint density at radius 2 is 2.40 bits per heavy atom. The predicted molar refractivity (Wildman–Crippen MR) is 97.1 cm³/mol. The van der Waals surface area contributed by atoms with E-state index in [2.05, 4.69) is 28.7 Å². The molecule has 2 rings (SSSR count). The number of hydrogen-bond donors (Lipinski definition) is 1. The predicted octanol–water partition coefficient (Wildman–Crippen LogP) is 2.91. The number of thiazole rings is 1.